The van der Waals surface area contributed by atoms with E-state index in [1.54, 1.807) is 37.0 Å². The standard InChI is InChI=1S/C23H32N6O3/c1-16(9-8-12-27(5)15-30)25-19-13-20(28(6)22(31)32-23(2,3)4)29-21(26-19)18(14-24-29)17-10-7-11-17/h8-9,12-15,17H,7,10-11H2,1-6H3,(H,25,26)/b12-8-,16-9+. The summed E-state index contributed by atoms with van der Waals surface area (Å²) < 4.78 is 7.24. The van der Waals surface area contributed by atoms with E-state index in [2.05, 4.69) is 10.4 Å². The summed E-state index contributed by atoms with van der Waals surface area (Å²) in [5.41, 5.74) is 2.04. The molecule has 0 unspecified atom stereocenters. The molecule has 2 heterocycles. The molecular weight excluding hydrogens is 408 g/mol. The molecule has 3 rings (SSSR count). The van der Waals surface area contributed by atoms with Crippen molar-refractivity contribution >= 4 is 29.8 Å². The van der Waals surface area contributed by atoms with Crippen molar-refractivity contribution < 1.29 is 14.3 Å². The Morgan fingerprint density at radius 1 is 1.31 bits per heavy atom. The lowest BCUT2D eigenvalue weighted by Crippen LogP contribution is -2.35. The lowest BCUT2D eigenvalue weighted by Gasteiger charge is -2.26. The molecule has 0 bridgehead atoms. The van der Waals surface area contributed by atoms with Crippen LogP contribution in [0.25, 0.3) is 5.65 Å². The van der Waals surface area contributed by atoms with Gasteiger partial charge in [-0.3, -0.25) is 9.69 Å². The van der Waals surface area contributed by atoms with Crippen molar-refractivity contribution in [2.24, 2.45) is 0 Å². The second-order valence-corrected chi connectivity index (χ2v) is 9.09. The number of aromatic nitrogens is 3. The number of carbonyl (C=O) groups is 2. The lowest BCUT2D eigenvalue weighted by molar-refractivity contribution is -0.114. The maximum atomic E-state index is 12.7. The van der Waals surface area contributed by atoms with Crippen LogP contribution >= 0.6 is 0 Å². The molecule has 0 aliphatic heterocycles. The van der Waals surface area contributed by atoms with Gasteiger partial charge in [0.2, 0.25) is 6.41 Å². The second kappa shape index (κ2) is 9.42. The molecule has 1 fully saturated rings. The fraction of sp³-hybridized carbons (Fsp3) is 0.478. The van der Waals surface area contributed by atoms with Gasteiger partial charge in [-0.05, 0) is 58.6 Å². The number of carbonyl (C=O) groups excluding carboxylic acids is 2. The Bertz CT molecular complexity index is 1050. The summed E-state index contributed by atoms with van der Waals surface area (Å²) in [6.07, 6.45) is 10.8. The minimum absolute atomic E-state index is 0.438. The number of nitrogens with one attached hydrogen (secondary N) is 1. The highest BCUT2D eigenvalue weighted by Gasteiger charge is 2.27. The molecular formula is C23H32N6O3. The Morgan fingerprint density at radius 3 is 2.62 bits per heavy atom. The van der Waals surface area contributed by atoms with Crippen molar-refractivity contribution in [3.63, 3.8) is 0 Å². The predicted octanol–water partition coefficient (Wildman–Crippen LogP) is 4.29. The van der Waals surface area contributed by atoms with Gasteiger partial charge < -0.3 is 15.0 Å². The number of hydrogen-bond acceptors (Lipinski definition) is 6. The SMILES string of the molecule is C/C(=C\C=C/N(C)C=O)Nc1cc(N(C)C(=O)OC(C)(C)C)n2ncc(C3CCC3)c2n1. The summed E-state index contributed by atoms with van der Waals surface area (Å²) in [4.78, 5) is 31.1. The molecule has 1 aliphatic rings. The van der Waals surface area contributed by atoms with Crippen LogP contribution in [0.3, 0.4) is 0 Å². The molecule has 0 radical (unpaired) electrons. The summed E-state index contributed by atoms with van der Waals surface area (Å²) in [7, 11) is 3.33. The first-order chi connectivity index (χ1) is 15.1. The molecule has 2 amide bonds. The third-order valence-corrected chi connectivity index (χ3v) is 5.20. The Labute approximate surface area is 188 Å². The van der Waals surface area contributed by atoms with Gasteiger partial charge in [0.1, 0.15) is 17.2 Å². The number of anilines is 2. The second-order valence-electron chi connectivity index (χ2n) is 9.09. The van der Waals surface area contributed by atoms with Crippen LogP contribution in [0.1, 0.15) is 58.4 Å². The van der Waals surface area contributed by atoms with E-state index >= 15 is 0 Å². The first-order valence-corrected chi connectivity index (χ1v) is 10.7. The summed E-state index contributed by atoms with van der Waals surface area (Å²) in [5, 5.41) is 7.80. The van der Waals surface area contributed by atoms with E-state index in [4.69, 9.17) is 9.72 Å². The molecule has 0 spiro atoms. The Hall–Kier alpha value is -3.36. The molecule has 9 heteroatoms. The molecule has 1 N–H and O–H groups in total. The van der Waals surface area contributed by atoms with Crippen LogP contribution in [0.4, 0.5) is 16.4 Å². The van der Waals surface area contributed by atoms with Crippen molar-refractivity contribution in [3.8, 4) is 0 Å². The molecule has 1 aliphatic carbocycles. The fourth-order valence-corrected chi connectivity index (χ4v) is 3.30. The minimum atomic E-state index is -0.611. The van der Waals surface area contributed by atoms with Gasteiger partial charge in [0.05, 0.1) is 6.20 Å². The van der Waals surface area contributed by atoms with E-state index < -0.39 is 11.7 Å². The summed E-state index contributed by atoms with van der Waals surface area (Å²) >= 11 is 0. The van der Waals surface area contributed by atoms with Crippen molar-refractivity contribution in [2.45, 2.75) is 58.5 Å². The predicted molar refractivity (Wildman–Crippen MR) is 125 cm³/mol. The highest BCUT2D eigenvalue weighted by Crippen LogP contribution is 2.39. The zero-order valence-electron chi connectivity index (χ0n) is 19.6. The highest BCUT2D eigenvalue weighted by molar-refractivity contribution is 5.87. The van der Waals surface area contributed by atoms with Crippen LogP contribution in [-0.4, -0.2) is 51.7 Å². The van der Waals surface area contributed by atoms with Crippen LogP contribution in [0.5, 0.6) is 0 Å². The molecule has 32 heavy (non-hydrogen) atoms. The van der Waals surface area contributed by atoms with Crippen LogP contribution in [-0.2, 0) is 9.53 Å². The number of rotatable bonds is 7. The van der Waals surface area contributed by atoms with Crippen LogP contribution < -0.4 is 10.2 Å². The van der Waals surface area contributed by atoms with Gasteiger partial charge in [-0.2, -0.15) is 9.61 Å². The van der Waals surface area contributed by atoms with Crippen molar-refractivity contribution in [2.75, 3.05) is 24.3 Å². The zero-order valence-corrected chi connectivity index (χ0v) is 19.6. The molecule has 0 saturated heterocycles. The monoisotopic (exact) mass is 440 g/mol. The molecule has 2 aromatic rings. The summed E-state index contributed by atoms with van der Waals surface area (Å²) in [6.45, 7) is 7.40. The van der Waals surface area contributed by atoms with E-state index in [9.17, 15) is 9.59 Å². The average molecular weight is 441 g/mol. The smallest absolute Gasteiger partial charge is 0.415 e. The van der Waals surface area contributed by atoms with Crippen LogP contribution in [0.2, 0.25) is 0 Å². The topological polar surface area (TPSA) is 92.1 Å². The average Bonchev–Trinajstić information content (AvgIpc) is 3.07. The van der Waals surface area contributed by atoms with Gasteiger partial charge in [-0.1, -0.05) is 6.42 Å². The molecule has 1 saturated carbocycles. The van der Waals surface area contributed by atoms with Crippen molar-refractivity contribution in [1.82, 2.24) is 19.5 Å². The third kappa shape index (κ3) is 5.46. The number of fused-ring (bicyclic) bond motifs is 1. The highest BCUT2D eigenvalue weighted by atomic mass is 16.6. The number of amides is 2. The Morgan fingerprint density at radius 2 is 2.03 bits per heavy atom. The molecule has 0 atom stereocenters. The number of hydrogen-bond donors (Lipinski definition) is 1. The molecule has 9 nitrogen and oxygen atoms in total. The number of allylic oxidation sites excluding steroid dienone is 3. The van der Waals surface area contributed by atoms with Crippen LogP contribution in [0.15, 0.2) is 36.3 Å². The van der Waals surface area contributed by atoms with E-state index in [-0.39, 0.29) is 0 Å². The van der Waals surface area contributed by atoms with E-state index in [1.165, 1.54) is 16.2 Å². The van der Waals surface area contributed by atoms with E-state index in [1.807, 2.05) is 40.0 Å². The number of ether oxygens (including phenoxy) is 1. The minimum Gasteiger partial charge on any atom is -0.443 e. The third-order valence-electron chi connectivity index (χ3n) is 5.20. The normalized spacial score (nSPS) is 15.0. The van der Waals surface area contributed by atoms with Gasteiger partial charge >= 0.3 is 6.09 Å². The maximum Gasteiger partial charge on any atom is 0.415 e. The van der Waals surface area contributed by atoms with Gasteiger partial charge in [0, 0.05) is 37.6 Å². The van der Waals surface area contributed by atoms with Gasteiger partial charge in [-0.15, -0.1) is 0 Å². The van der Waals surface area contributed by atoms with Crippen molar-refractivity contribution in [3.05, 3.63) is 41.9 Å². The first-order valence-electron chi connectivity index (χ1n) is 10.7. The van der Waals surface area contributed by atoms with E-state index in [0.29, 0.717) is 17.6 Å². The van der Waals surface area contributed by atoms with Crippen molar-refractivity contribution in [1.29, 1.82) is 0 Å². The van der Waals surface area contributed by atoms with Gasteiger partial charge in [0.15, 0.2) is 5.65 Å². The summed E-state index contributed by atoms with van der Waals surface area (Å²) in [6, 6.07) is 1.77. The van der Waals surface area contributed by atoms with E-state index in [0.717, 1.165) is 36.2 Å². The fourth-order valence-electron chi connectivity index (χ4n) is 3.30. The van der Waals surface area contributed by atoms with Crippen LogP contribution in [0, 0.1) is 0 Å². The quantitative estimate of drug-likeness (QED) is 0.510. The Kier molecular flexibility index (Phi) is 6.86. The number of nitrogens with zero attached hydrogens (tertiary/aromatic N) is 5. The molecule has 172 valence electrons. The van der Waals surface area contributed by atoms with Gasteiger partial charge in [-0.25, -0.2) is 9.78 Å². The zero-order chi connectivity index (χ0) is 23.5. The van der Waals surface area contributed by atoms with Gasteiger partial charge in [0.25, 0.3) is 0 Å². The molecule has 0 aromatic carbocycles. The lowest BCUT2D eigenvalue weighted by atomic mass is 9.81. The maximum absolute atomic E-state index is 12.7. The molecule has 2 aromatic heterocycles. The largest absolute Gasteiger partial charge is 0.443 e. The Balaban J connectivity index is 1.97. The summed E-state index contributed by atoms with van der Waals surface area (Å²) in [5.74, 6) is 1.59. The first kappa shape index (κ1) is 23.3.